The number of rotatable bonds is 5. The maximum atomic E-state index is 12.5. The van der Waals surface area contributed by atoms with Crippen molar-refractivity contribution in [3.05, 3.63) is 47.5 Å². The Morgan fingerprint density at radius 3 is 2.76 bits per heavy atom. The third kappa shape index (κ3) is 3.55. The minimum absolute atomic E-state index is 0.0464. The average Bonchev–Trinajstić information content (AvgIpc) is 3.05. The van der Waals surface area contributed by atoms with Gasteiger partial charge in [-0.1, -0.05) is 35.5 Å². The van der Waals surface area contributed by atoms with Crippen molar-refractivity contribution in [1.29, 1.82) is 0 Å². The Balaban J connectivity index is 1.96. The molecule has 3 rings (SSSR count). The van der Waals surface area contributed by atoms with Gasteiger partial charge in [0.15, 0.2) is 5.75 Å². The maximum Gasteiger partial charge on any atom is 0.265 e. The highest BCUT2D eigenvalue weighted by Gasteiger charge is 2.20. The number of anilines is 1. The number of hydrogen-bond donors (Lipinski definition) is 2. The monoisotopic (exact) mass is 397 g/mol. The van der Waals surface area contributed by atoms with Crippen LogP contribution in [0.15, 0.2) is 52.5 Å². The van der Waals surface area contributed by atoms with Crippen LogP contribution in [0, 0.1) is 0 Å². The van der Waals surface area contributed by atoms with Gasteiger partial charge in [0, 0.05) is 0 Å². The summed E-state index contributed by atoms with van der Waals surface area (Å²) >= 11 is 7.14. The summed E-state index contributed by atoms with van der Waals surface area (Å²) in [4.78, 5) is -0.308. The lowest BCUT2D eigenvalue weighted by atomic mass is 10.3. The molecule has 0 aliphatic carbocycles. The number of phenols is 1. The van der Waals surface area contributed by atoms with Gasteiger partial charge in [-0.05, 0) is 47.0 Å². The minimum Gasteiger partial charge on any atom is -0.505 e. The second kappa shape index (κ2) is 6.90. The van der Waals surface area contributed by atoms with E-state index in [0.717, 1.165) is 0 Å². The number of thioether (sulfide) groups is 1. The lowest BCUT2D eigenvalue weighted by molar-refractivity contribution is 0.459. The predicted molar refractivity (Wildman–Crippen MR) is 94.9 cm³/mol. The molecule has 0 radical (unpaired) electrons. The molecule has 130 valence electrons. The van der Waals surface area contributed by atoms with Crippen molar-refractivity contribution in [2.75, 3.05) is 11.0 Å². The van der Waals surface area contributed by atoms with Gasteiger partial charge in [-0.2, -0.15) is 4.68 Å². The predicted octanol–water partition coefficient (Wildman–Crippen LogP) is 2.54. The number of hydrogen-bond acceptors (Lipinski definition) is 7. The number of nitrogens with one attached hydrogen (secondary N) is 1. The average molecular weight is 398 g/mol. The van der Waals surface area contributed by atoms with E-state index in [1.165, 1.54) is 34.6 Å². The van der Waals surface area contributed by atoms with E-state index >= 15 is 0 Å². The molecular weight excluding hydrogens is 386 g/mol. The van der Waals surface area contributed by atoms with Crippen molar-refractivity contribution in [3.8, 4) is 11.4 Å². The number of nitrogens with zero attached hydrogens (tertiary/aromatic N) is 4. The molecule has 8 nitrogen and oxygen atoms in total. The highest BCUT2D eigenvalue weighted by atomic mass is 35.5. The SMILES string of the molecule is CSc1nnnn1-c1cccc(NS(=O)(=O)c2cccc(Cl)c2O)c1. The molecule has 0 spiro atoms. The van der Waals surface area contributed by atoms with E-state index in [1.54, 1.807) is 24.3 Å². The van der Waals surface area contributed by atoms with Gasteiger partial charge in [-0.15, -0.1) is 5.10 Å². The number of aromatic hydroxyl groups is 1. The van der Waals surface area contributed by atoms with Crippen LogP contribution in [0.4, 0.5) is 5.69 Å². The smallest absolute Gasteiger partial charge is 0.265 e. The second-order valence-corrected chi connectivity index (χ2v) is 7.65. The minimum atomic E-state index is -4.02. The van der Waals surface area contributed by atoms with E-state index in [-0.39, 0.29) is 9.92 Å². The largest absolute Gasteiger partial charge is 0.505 e. The standard InChI is InChI=1S/C14H12ClN5O3S2/c1-24-14-16-18-19-20(14)10-5-2-4-9(8-10)17-25(22,23)12-7-3-6-11(15)13(12)21/h2-8,17,21H,1H3. The summed E-state index contributed by atoms with van der Waals surface area (Å²) < 4.78 is 28.9. The Labute approximate surface area is 152 Å². The van der Waals surface area contributed by atoms with Gasteiger partial charge >= 0.3 is 0 Å². The fraction of sp³-hybridized carbons (Fsp3) is 0.0714. The van der Waals surface area contributed by atoms with Crippen LogP contribution in [0.5, 0.6) is 5.75 Å². The van der Waals surface area contributed by atoms with Crippen LogP contribution >= 0.6 is 23.4 Å². The van der Waals surface area contributed by atoms with Crippen molar-refractivity contribution >= 4 is 39.1 Å². The lowest BCUT2D eigenvalue weighted by Crippen LogP contribution is -2.13. The maximum absolute atomic E-state index is 12.5. The fourth-order valence-electron chi connectivity index (χ4n) is 2.09. The zero-order valence-corrected chi connectivity index (χ0v) is 15.2. The summed E-state index contributed by atoms with van der Waals surface area (Å²) in [7, 11) is -4.02. The van der Waals surface area contributed by atoms with Crippen LogP contribution in [-0.2, 0) is 10.0 Å². The molecule has 0 fully saturated rings. The summed E-state index contributed by atoms with van der Waals surface area (Å²) in [6, 6.07) is 10.7. The Morgan fingerprint density at radius 1 is 1.24 bits per heavy atom. The van der Waals surface area contributed by atoms with Crippen LogP contribution < -0.4 is 4.72 Å². The van der Waals surface area contributed by atoms with Gasteiger partial charge < -0.3 is 5.11 Å². The van der Waals surface area contributed by atoms with Crippen LogP contribution in [-0.4, -0.2) is 40.0 Å². The van der Waals surface area contributed by atoms with Crippen LogP contribution in [0.25, 0.3) is 5.69 Å². The zero-order valence-electron chi connectivity index (χ0n) is 12.8. The first-order valence-electron chi connectivity index (χ1n) is 6.85. The number of sulfonamides is 1. The van der Waals surface area contributed by atoms with E-state index in [9.17, 15) is 13.5 Å². The molecule has 0 unspecified atom stereocenters. The van der Waals surface area contributed by atoms with Gasteiger partial charge in [0.25, 0.3) is 10.0 Å². The summed E-state index contributed by atoms with van der Waals surface area (Å²) in [6.07, 6.45) is 1.83. The molecule has 3 aromatic rings. The molecule has 25 heavy (non-hydrogen) atoms. The third-order valence-corrected chi connectivity index (χ3v) is 5.54. The number of phenolic OH excluding ortho intramolecular Hbond substituents is 1. The van der Waals surface area contributed by atoms with Gasteiger partial charge in [-0.3, -0.25) is 4.72 Å². The van der Waals surface area contributed by atoms with Crippen molar-refractivity contribution in [2.45, 2.75) is 10.1 Å². The number of halogens is 1. The van der Waals surface area contributed by atoms with Gasteiger partial charge in [-0.25, -0.2) is 8.42 Å². The highest BCUT2D eigenvalue weighted by molar-refractivity contribution is 7.98. The molecule has 0 saturated carbocycles. The zero-order chi connectivity index (χ0) is 18.0. The van der Waals surface area contributed by atoms with Gasteiger partial charge in [0.05, 0.1) is 16.4 Å². The highest BCUT2D eigenvalue weighted by Crippen LogP contribution is 2.31. The molecule has 1 aromatic heterocycles. The van der Waals surface area contributed by atoms with E-state index in [1.807, 2.05) is 6.26 Å². The second-order valence-electron chi connectivity index (χ2n) is 4.82. The lowest BCUT2D eigenvalue weighted by Gasteiger charge is -2.11. The van der Waals surface area contributed by atoms with E-state index < -0.39 is 15.8 Å². The van der Waals surface area contributed by atoms with E-state index in [0.29, 0.717) is 16.5 Å². The van der Waals surface area contributed by atoms with Crippen LogP contribution in [0.1, 0.15) is 0 Å². The first-order chi connectivity index (χ1) is 11.9. The molecule has 11 heteroatoms. The number of para-hydroxylation sites is 1. The van der Waals surface area contributed by atoms with Gasteiger partial charge in [0.1, 0.15) is 4.90 Å². The molecule has 0 saturated heterocycles. The molecule has 0 bridgehead atoms. The van der Waals surface area contributed by atoms with Crippen LogP contribution in [0.2, 0.25) is 5.02 Å². The molecule has 0 aliphatic rings. The molecule has 0 amide bonds. The molecule has 1 heterocycles. The summed E-state index contributed by atoms with van der Waals surface area (Å²) in [5.41, 5.74) is 0.879. The van der Waals surface area contributed by atoms with E-state index in [2.05, 4.69) is 20.2 Å². The molecule has 0 aliphatic heterocycles. The Hall–Kier alpha value is -2.30. The van der Waals surface area contributed by atoms with Crippen LogP contribution in [0.3, 0.4) is 0 Å². The van der Waals surface area contributed by atoms with Crippen molar-refractivity contribution in [2.24, 2.45) is 0 Å². The normalized spacial score (nSPS) is 11.4. The number of tetrazole rings is 1. The topological polar surface area (TPSA) is 110 Å². The first kappa shape index (κ1) is 17.5. The quantitative estimate of drug-likeness (QED) is 0.636. The van der Waals surface area contributed by atoms with Gasteiger partial charge in [0.2, 0.25) is 5.16 Å². The Kier molecular flexibility index (Phi) is 4.84. The molecule has 2 aromatic carbocycles. The number of benzene rings is 2. The van der Waals surface area contributed by atoms with Crippen molar-refractivity contribution in [3.63, 3.8) is 0 Å². The van der Waals surface area contributed by atoms with Crippen molar-refractivity contribution in [1.82, 2.24) is 20.2 Å². The summed E-state index contributed by atoms with van der Waals surface area (Å²) in [5.74, 6) is -0.502. The third-order valence-electron chi connectivity index (χ3n) is 3.21. The first-order valence-corrected chi connectivity index (χ1v) is 9.94. The number of aromatic nitrogens is 4. The summed E-state index contributed by atoms with van der Waals surface area (Å²) in [6.45, 7) is 0. The molecule has 0 atom stereocenters. The van der Waals surface area contributed by atoms with E-state index in [4.69, 9.17) is 11.6 Å². The molecular formula is C14H12ClN5O3S2. The Morgan fingerprint density at radius 2 is 2.00 bits per heavy atom. The summed E-state index contributed by atoms with van der Waals surface area (Å²) in [5, 5.41) is 21.8. The van der Waals surface area contributed by atoms with Crippen molar-refractivity contribution < 1.29 is 13.5 Å². The fourth-order valence-corrected chi connectivity index (χ4v) is 3.92. The molecule has 2 N–H and O–H groups in total. The Bertz CT molecular complexity index is 1020.